The summed E-state index contributed by atoms with van der Waals surface area (Å²) in [6.07, 6.45) is 3.63. The summed E-state index contributed by atoms with van der Waals surface area (Å²) >= 11 is 0. The van der Waals surface area contributed by atoms with Gasteiger partial charge in [-0.3, -0.25) is 0 Å². The first-order valence-electron chi connectivity index (χ1n) is 4.54. The predicted octanol–water partition coefficient (Wildman–Crippen LogP) is 3.43. The van der Waals surface area contributed by atoms with Crippen LogP contribution in [0.2, 0.25) is 0 Å². The van der Waals surface area contributed by atoms with Gasteiger partial charge in [0, 0.05) is 22.8 Å². The lowest BCUT2D eigenvalue weighted by molar-refractivity contribution is 0.616. The Morgan fingerprint density at radius 1 is 1.07 bits per heavy atom. The molecular formula is C12H9NO. The van der Waals surface area contributed by atoms with Crippen molar-refractivity contribution in [1.82, 2.24) is 4.98 Å². The van der Waals surface area contributed by atoms with Crippen LogP contribution in [0.25, 0.3) is 22.2 Å². The minimum absolute atomic E-state index is 0.928. The third-order valence-electron chi connectivity index (χ3n) is 2.37. The molecule has 0 fully saturated rings. The fourth-order valence-corrected chi connectivity index (χ4v) is 1.63. The summed E-state index contributed by atoms with van der Waals surface area (Å²) in [7, 11) is 0. The van der Waals surface area contributed by atoms with Gasteiger partial charge in [-0.05, 0) is 24.3 Å². The Bertz CT molecular complexity index is 548. The molecule has 0 amide bonds. The monoisotopic (exact) mass is 183 g/mol. The van der Waals surface area contributed by atoms with E-state index in [4.69, 9.17) is 4.42 Å². The minimum Gasteiger partial charge on any atom is -0.464 e. The molecule has 14 heavy (non-hydrogen) atoms. The van der Waals surface area contributed by atoms with Crippen LogP contribution in [-0.4, -0.2) is 4.98 Å². The molecule has 2 aromatic heterocycles. The van der Waals surface area contributed by atoms with Gasteiger partial charge in [0.1, 0.15) is 5.58 Å². The highest BCUT2D eigenvalue weighted by Gasteiger charge is 2.01. The largest absolute Gasteiger partial charge is 0.464 e. The van der Waals surface area contributed by atoms with Gasteiger partial charge in [0.05, 0.1) is 6.26 Å². The van der Waals surface area contributed by atoms with Crippen LogP contribution in [0.3, 0.4) is 0 Å². The van der Waals surface area contributed by atoms with Crippen molar-refractivity contribution in [1.29, 1.82) is 0 Å². The Balaban J connectivity index is 2.23. The van der Waals surface area contributed by atoms with E-state index in [0.717, 1.165) is 22.2 Å². The van der Waals surface area contributed by atoms with Crippen LogP contribution in [0.5, 0.6) is 0 Å². The van der Waals surface area contributed by atoms with E-state index in [1.807, 2.05) is 30.5 Å². The number of rotatable bonds is 1. The van der Waals surface area contributed by atoms with Gasteiger partial charge in [0.2, 0.25) is 0 Å². The Kier molecular flexibility index (Phi) is 1.47. The van der Waals surface area contributed by atoms with Gasteiger partial charge in [0.15, 0.2) is 0 Å². The second-order valence-corrected chi connectivity index (χ2v) is 3.26. The molecule has 0 spiro atoms. The maximum absolute atomic E-state index is 5.34. The van der Waals surface area contributed by atoms with Gasteiger partial charge in [-0.15, -0.1) is 0 Å². The quantitative estimate of drug-likeness (QED) is 0.615. The summed E-state index contributed by atoms with van der Waals surface area (Å²) < 4.78 is 5.34. The number of hydrogen-bond acceptors (Lipinski definition) is 1. The Morgan fingerprint density at radius 2 is 2.07 bits per heavy atom. The van der Waals surface area contributed by atoms with Gasteiger partial charge >= 0.3 is 0 Å². The van der Waals surface area contributed by atoms with Crippen molar-refractivity contribution in [2.24, 2.45) is 0 Å². The SMILES string of the molecule is c1c[nH]c(-c2ccc3ccoc3c2)c1. The maximum Gasteiger partial charge on any atom is 0.134 e. The van der Waals surface area contributed by atoms with Crippen molar-refractivity contribution in [2.75, 3.05) is 0 Å². The van der Waals surface area contributed by atoms with Gasteiger partial charge in [-0.25, -0.2) is 0 Å². The van der Waals surface area contributed by atoms with Crippen LogP contribution in [0.4, 0.5) is 0 Å². The number of aromatic nitrogens is 1. The topological polar surface area (TPSA) is 28.9 Å². The third-order valence-corrected chi connectivity index (χ3v) is 2.37. The zero-order chi connectivity index (χ0) is 9.38. The summed E-state index contributed by atoms with van der Waals surface area (Å²) in [5.74, 6) is 0. The molecule has 1 aromatic carbocycles. The second-order valence-electron chi connectivity index (χ2n) is 3.26. The molecule has 0 aliphatic carbocycles. The van der Waals surface area contributed by atoms with Crippen molar-refractivity contribution >= 4 is 11.0 Å². The van der Waals surface area contributed by atoms with E-state index in [1.165, 1.54) is 0 Å². The zero-order valence-electron chi connectivity index (χ0n) is 7.53. The average molecular weight is 183 g/mol. The highest BCUT2D eigenvalue weighted by atomic mass is 16.3. The normalized spacial score (nSPS) is 10.9. The van der Waals surface area contributed by atoms with Crippen molar-refractivity contribution in [2.45, 2.75) is 0 Å². The van der Waals surface area contributed by atoms with Crippen molar-refractivity contribution in [3.8, 4) is 11.3 Å². The molecule has 68 valence electrons. The van der Waals surface area contributed by atoms with Crippen LogP contribution >= 0.6 is 0 Å². The van der Waals surface area contributed by atoms with Crippen molar-refractivity contribution < 1.29 is 4.42 Å². The first-order valence-corrected chi connectivity index (χ1v) is 4.54. The lowest BCUT2D eigenvalue weighted by Gasteiger charge is -1.96. The minimum atomic E-state index is 0.928. The van der Waals surface area contributed by atoms with Crippen LogP contribution < -0.4 is 0 Å². The molecule has 0 radical (unpaired) electrons. The summed E-state index contributed by atoms with van der Waals surface area (Å²) in [6.45, 7) is 0. The molecule has 2 heteroatoms. The third kappa shape index (κ3) is 1.04. The zero-order valence-corrected chi connectivity index (χ0v) is 7.53. The number of nitrogens with one attached hydrogen (secondary N) is 1. The number of aromatic amines is 1. The second kappa shape index (κ2) is 2.77. The molecule has 0 aliphatic rings. The van der Waals surface area contributed by atoms with Crippen molar-refractivity contribution in [3.05, 3.63) is 48.9 Å². The van der Waals surface area contributed by atoms with Crippen molar-refractivity contribution in [3.63, 3.8) is 0 Å². The molecule has 3 rings (SSSR count). The van der Waals surface area contributed by atoms with Crippen LogP contribution in [0.1, 0.15) is 0 Å². The molecule has 3 aromatic rings. The molecule has 0 atom stereocenters. The lowest BCUT2D eigenvalue weighted by atomic mass is 10.1. The molecule has 0 bridgehead atoms. The van der Waals surface area contributed by atoms with Gasteiger partial charge in [-0.2, -0.15) is 0 Å². The Labute approximate surface area is 81.2 Å². The van der Waals surface area contributed by atoms with E-state index < -0.39 is 0 Å². The van der Waals surface area contributed by atoms with E-state index in [1.54, 1.807) is 6.26 Å². The van der Waals surface area contributed by atoms with Crippen LogP contribution in [0, 0.1) is 0 Å². The highest BCUT2D eigenvalue weighted by Crippen LogP contribution is 2.23. The van der Waals surface area contributed by atoms with Gasteiger partial charge in [-0.1, -0.05) is 12.1 Å². The van der Waals surface area contributed by atoms with Crippen LogP contribution in [-0.2, 0) is 0 Å². The summed E-state index contributed by atoms with van der Waals surface area (Å²) in [5, 5.41) is 1.14. The predicted molar refractivity (Wildman–Crippen MR) is 56.0 cm³/mol. The number of benzene rings is 1. The molecule has 2 nitrogen and oxygen atoms in total. The number of hydrogen-bond donors (Lipinski definition) is 1. The molecule has 0 unspecified atom stereocenters. The molecule has 0 saturated carbocycles. The number of fused-ring (bicyclic) bond motifs is 1. The molecule has 0 aliphatic heterocycles. The summed E-state index contributed by atoms with van der Waals surface area (Å²) in [6, 6.07) is 12.2. The van der Waals surface area contributed by atoms with E-state index in [-0.39, 0.29) is 0 Å². The Morgan fingerprint density at radius 3 is 2.93 bits per heavy atom. The van der Waals surface area contributed by atoms with E-state index in [0.29, 0.717) is 0 Å². The standard InChI is InChI=1S/C12H9NO/c1-2-11(13-6-1)10-4-3-9-5-7-14-12(9)8-10/h1-8,13H. The number of furan rings is 1. The smallest absolute Gasteiger partial charge is 0.134 e. The number of H-pyrrole nitrogens is 1. The molecule has 2 heterocycles. The fourth-order valence-electron chi connectivity index (χ4n) is 1.63. The van der Waals surface area contributed by atoms with E-state index in [9.17, 15) is 0 Å². The lowest BCUT2D eigenvalue weighted by Crippen LogP contribution is -1.75. The first-order chi connectivity index (χ1) is 6.93. The first kappa shape index (κ1) is 7.44. The van der Waals surface area contributed by atoms with Crippen LogP contribution in [0.15, 0.2) is 53.3 Å². The van der Waals surface area contributed by atoms with Gasteiger partial charge < -0.3 is 9.40 Å². The molecule has 0 saturated heterocycles. The highest BCUT2D eigenvalue weighted by molar-refractivity contribution is 5.82. The van der Waals surface area contributed by atoms with E-state index >= 15 is 0 Å². The molecule has 1 N–H and O–H groups in total. The summed E-state index contributed by atoms with van der Waals surface area (Å²) in [5.41, 5.74) is 3.19. The fraction of sp³-hybridized carbons (Fsp3) is 0. The van der Waals surface area contributed by atoms with E-state index in [2.05, 4.69) is 17.1 Å². The molecular weight excluding hydrogens is 174 g/mol. The average Bonchev–Trinajstić information content (AvgIpc) is 2.88. The Hall–Kier alpha value is -1.96. The summed E-state index contributed by atoms with van der Waals surface area (Å²) in [4.78, 5) is 3.17. The maximum atomic E-state index is 5.34. The van der Waals surface area contributed by atoms with Gasteiger partial charge in [0.25, 0.3) is 0 Å².